The molecule has 1 rings (SSSR count). The van der Waals surface area contributed by atoms with Crippen LogP contribution >= 0.6 is 0 Å². The minimum atomic E-state index is 0.0803. The Hall–Kier alpha value is -0.0800. The number of unbranched alkanes of at least 4 members (excludes halogenated alkanes) is 3. The van der Waals surface area contributed by atoms with Crippen LogP contribution in [0.1, 0.15) is 91.9 Å². The summed E-state index contributed by atoms with van der Waals surface area (Å²) in [4.78, 5) is 0. The van der Waals surface area contributed by atoms with E-state index in [-0.39, 0.29) is 5.60 Å². The summed E-state index contributed by atoms with van der Waals surface area (Å²) in [7, 11) is 1.94. The molecule has 1 atom stereocenters. The lowest BCUT2D eigenvalue weighted by atomic mass is 9.67. The average Bonchev–Trinajstić information content (AvgIpc) is 2.48. The Morgan fingerprint density at radius 1 is 0.952 bits per heavy atom. The fourth-order valence-corrected chi connectivity index (χ4v) is 3.69. The fraction of sp³-hybridized carbons (Fsp3) is 1.00. The van der Waals surface area contributed by atoms with E-state index in [2.05, 4.69) is 33.0 Å². The second-order valence-corrected chi connectivity index (χ2v) is 7.79. The number of hydrogen-bond donors (Lipinski definition) is 1. The highest BCUT2D eigenvalue weighted by Crippen LogP contribution is 2.44. The maximum atomic E-state index is 6.13. The van der Waals surface area contributed by atoms with Gasteiger partial charge in [0.25, 0.3) is 0 Å². The van der Waals surface area contributed by atoms with Gasteiger partial charge in [-0.3, -0.25) is 0 Å². The molecule has 2 nitrogen and oxygen atoms in total. The van der Waals surface area contributed by atoms with Crippen LogP contribution < -0.4 is 5.32 Å². The van der Waals surface area contributed by atoms with Gasteiger partial charge in [-0.2, -0.15) is 0 Å². The molecule has 0 radical (unpaired) electrons. The lowest BCUT2D eigenvalue weighted by Gasteiger charge is -2.47. The first kappa shape index (κ1) is 19.0. The van der Waals surface area contributed by atoms with Crippen molar-refractivity contribution < 1.29 is 4.74 Å². The van der Waals surface area contributed by atoms with E-state index in [1.165, 1.54) is 64.2 Å². The Balaban J connectivity index is 2.63. The van der Waals surface area contributed by atoms with Crippen LogP contribution in [0, 0.1) is 5.41 Å². The number of ether oxygens (including phenoxy) is 1. The van der Waals surface area contributed by atoms with Crippen LogP contribution in [0.5, 0.6) is 0 Å². The zero-order chi connectivity index (χ0) is 15.8. The van der Waals surface area contributed by atoms with Gasteiger partial charge in [0.2, 0.25) is 0 Å². The molecule has 0 aromatic rings. The van der Waals surface area contributed by atoms with Crippen molar-refractivity contribution in [1.29, 1.82) is 0 Å². The van der Waals surface area contributed by atoms with Crippen LogP contribution in [0.3, 0.4) is 0 Å². The standard InChI is InChI=1S/C19H39NO/c1-6-8-9-10-11-17(20-16-7-2)19(21-5)14-12-18(3,4)13-15-19/h17,20H,6-16H2,1-5H3. The van der Waals surface area contributed by atoms with Gasteiger partial charge in [-0.15, -0.1) is 0 Å². The summed E-state index contributed by atoms with van der Waals surface area (Å²) in [5, 5.41) is 3.81. The van der Waals surface area contributed by atoms with Crippen molar-refractivity contribution in [2.45, 2.75) is 104 Å². The van der Waals surface area contributed by atoms with E-state index in [4.69, 9.17) is 4.74 Å². The van der Waals surface area contributed by atoms with E-state index >= 15 is 0 Å². The maximum Gasteiger partial charge on any atom is 0.0831 e. The van der Waals surface area contributed by atoms with Crippen molar-refractivity contribution in [3.63, 3.8) is 0 Å². The van der Waals surface area contributed by atoms with Gasteiger partial charge in [0.05, 0.1) is 5.60 Å². The third-order valence-electron chi connectivity index (χ3n) is 5.48. The summed E-state index contributed by atoms with van der Waals surface area (Å²) in [6.45, 7) is 10.5. The van der Waals surface area contributed by atoms with E-state index < -0.39 is 0 Å². The Kier molecular flexibility index (Phi) is 8.26. The summed E-state index contributed by atoms with van der Waals surface area (Å²) < 4.78 is 6.13. The molecule has 0 saturated heterocycles. The molecule has 1 unspecified atom stereocenters. The number of hydrogen-bond acceptors (Lipinski definition) is 2. The quantitative estimate of drug-likeness (QED) is 0.552. The molecule has 0 heterocycles. The highest BCUT2D eigenvalue weighted by molar-refractivity contribution is 4.98. The van der Waals surface area contributed by atoms with E-state index in [1.807, 2.05) is 7.11 Å². The second-order valence-electron chi connectivity index (χ2n) is 7.79. The van der Waals surface area contributed by atoms with Gasteiger partial charge >= 0.3 is 0 Å². The van der Waals surface area contributed by atoms with Crippen LogP contribution in [0.25, 0.3) is 0 Å². The van der Waals surface area contributed by atoms with Gasteiger partial charge in [0.15, 0.2) is 0 Å². The molecule has 0 aromatic carbocycles. The molecule has 0 spiro atoms. The van der Waals surface area contributed by atoms with Crippen molar-refractivity contribution in [3.8, 4) is 0 Å². The maximum absolute atomic E-state index is 6.13. The van der Waals surface area contributed by atoms with Gasteiger partial charge in [-0.25, -0.2) is 0 Å². The molecule has 1 saturated carbocycles. The average molecular weight is 298 g/mol. The third-order valence-corrected chi connectivity index (χ3v) is 5.48. The van der Waals surface area contributed by atoms with E-state index in [9.17, 15) is 0 Å². The summed E-state index contributed by atoms with van der Waals surface area (Å²) >= 11 is 0. The Bertz CT molecular complexity index is 265. The Morgan fingerprint density at radius 2 is 1.62 bits per heavy atom. The van der Waals surface area contributed by atoms with Crippen molar-refractivity contribution >= 4 is 0 Å². The van der Waals surface area contributed by atoms with E-state index in [0.717, 1.165) is 6.54 Å². The van der Waals surface area contributed by atoms with Gasteiger partial charge in [-0.05, 0) is 50.5 Å². The van der Waals surface area contributed by atoms with Crippen LogP contribution in [0.4, 0.5) is 0 Å². The fourth-order valence-electron chi connectivity index (χ4n) is 3.69. The molecular weight excluding hydrogens is 258 g/mol. The molecule has 1 aliphatic rings. The molecule has 0 amide bonds. The molecule has 0 aromatic heterocycles. The lowest BCUT2D eigenvalue weighted by molar-refractivity contribution is -0.0882. The first-order chi connectivity index (χ1) is 9.99. The number of rotatable bonds is 10. The first-order valence-electron chi connectivity index (χ1n) is 9.28. The monoisotopic (exact) mass is 297 g/mol. The van der Waals surface area contributed by atoms with Gasteiger partial charge in [-0.1, -0.05) is 53.4 Å². The van der Waals surface area contributed by atoms with Crippen molar-refractivity contribution in [2.75, 3.05) is 13.7 Å². The van der Waals surface area contributed by atoms with Crippen LogP contribution in [-0.4, -0.2) is 25.3 Å². The molecule has 21 heavy (non-hydrogen) atoms. The normalized spacial score (nSPS) is 22.1. The minimum Gasteiger partial charge on any atom is -0.377 e. The van der Waals surface area contributed by atoms with Crippen LogP contribution in [0.2, 0.25) is 0 Å². The molecule has 1 aliphatic carbocycles. The van der Waals surface area contributed by atoms with Gasteiger partial charge in [0, 0.05) is 13.2 Å². The molecule has 0 aliphatic heterocycles. The number of methoxy groups -OCH3 is 1. The summed E-state index contributed by atoms with van der Waals surface area (Å²) in [6, 6.07) is 0.537. The number of nitrogens with one attached hydrogen (secondary N) is 1. The lowest BCUT2D eigenvalue weighted by Crippen LogP contribution is -2.54. The van der Waals surface area contributed by atoms with Crippen LogP contribution in [0.15, 0.2) is 0 Å². The Labute approximate surface area is 133 Å². The highest BCUT2D eigenvalue weighted by Gasteiger charge is 2.43. The second kappa shape index (κ2) is 9.15. The van der Waals surface area contributed by atoms with Gasteiger partial charge < -0.3 is 10.1 Å². The van der Waals surface area contributed by atoms with Crippen molar-refractivity contribution in [3.05, 3.63) is 0 Å². The smallest absolute Gasteiger partial charge is 0.0831 e. The predicted molar refractivity (Wildman–Crippen MR) is 92.8 cm³/mol. The summed E-state index contributed by atoms with van der Waals surface area (Å²) in [6.07, 6.45) is 12.9. The predicted octanol–water partition coefficient (Wildman–Crippen LogP) is 5.31. The molecular formula is C19H39NO. The molecule has 126 valence electrons. The SMILES string of the molecule is CCCCCCC(NCCC)C1(OC)CCC(C)(C)CC1. The van der Waals surface area contributed by atoms with Crippen LogP contribution in [-0.2, 0) is 4.74 Å². The van der Waals surface area contributed by atoms with Crippen molar-refractivity contribution in [1.82, 2.24) is 5.32 Å². The van der Waals surface area contributed by atoms with E-state index in [0.29, 0.717) is 11.5 Å². The largest absolute Gasteiger partial charge is 0.377 e. The van der Waals surface area contributed by atoms with E-state index in [1.54, 1.807) is 0 Å². The van der Waals surface area contributed by atoms with Gasteiger partial charge in [0.1, 0.15) is 0 Å². The summed E-state index contributed by atoms with van der Waals surface area (Å²) in [5.74, 6) is 0. The topological polar surface area (TPSA) is 21.3 Å². The highest BCUT2D eigenvalue weighted by atomic mass is 16.5. The van der Waals surface area contributed by atoms with Crippen molar-refractivity contribution in [2.24, 2.45) is 5.41 Å². The molecule has 0 bridgehead atoms. The third kappa shape index (κ3) is 5.90. The molecule has 1 fully saturated rings. The minimum absolute atomic E-state index is 0.0803. The Morgan fingerprint density at radius 3 is 2.14 bits per heavy atom. The first-order valence-corrected chi connectivity index (χ1v) is 9.28. The zero-order valence-electron chi connectivity index (χ0n) is 15.3. The molecule has 2 heteroatoms. The molecule has 1 N–H and O–H groups in total. The zero-order valence-corrected chi connectivity index (χ0v) is 15.3. The summed E-state index contributed by atoms with van der Waals surface area (Å²) in [5.41, 5.74) is 0.580.